The number of carbonyl (C=O) groups excluding carboxylic acids is 1. The predicted octanol–water partition coefficient (Wildman–Crippen LogP) is 2.29. The molecule has 0 aliphatic carbocycles. The molecule has 0 unspecified atom stereocenters. The quantitative estimate of drug-likeness (QED) is 0.845. The Kier molecular flexibility index (Phi) is 5.36. The van der Waals surface area contributed by atoms with Crippen LogP contribution in [0.4, 0.5) is 10.3 Å². The van der Waals surface area contributed by atoms with Crippen molar-refractivity contribution >= 4 is 11.9 Å². The number of piperazine rings is 1. The van der Waals surface area contributed by atoms with Gasteiger partial charge in [-0.15, -0.1) is 0 Å². The molecule has 2 heterocycles. The van der Waals surface area contributed by atoms with Crippen LogP contribution >= 0.6 is 0 Å². The van der Waals surface area contributed by atoms with Crippen LogP contribution in [0.1, 0.15) is 18.4 Å². The molecule has 24 heavy (non-hydrogen) atoms. The molecule has 6 heteroatoms. The summed E-state index contributed by atoms with van der Waals surface area (Å²) in [7, 11) is 0. The van der Waals surface area contributed by atoms with Crippen molar-refractivity contribution < 1.29 is 9.18 Å². The van der Waals surface area contributed by atoms with E-state index in [1.165, 1.54) is 18.0 Å². The van der Waals surface area contributed by atoms with Gasteiger partial charge in [-0.2, -0.15) is 0 Å². The number of aryl methyl sites for hydroxylation is 1. The zero-order chi connectivity index (χ0) is 16.8. The van der Waals surface area contributed by atoms with Crippen molar-refractivity contribution in [3.8, 4) is 0 Å². The third-order valence-electron chi connectivity index (χ3n) is 4.22. The summed E-state index contributed by atoms with van der Waals surface area (Å²) in [6.45, 7) is 2.67. The molecule has 126 valence electrons. The smallest absolute Gasteiger partial charge is 0.225 e. The van der Waals surface area contributed by atoms with E-state index >= 15 is 0 Å². The molecule has 0 radical (unpaired) electrons. The topological polar surface area (TPSA) is 49.3 Å². The number of anilines is 1. The van der Waals surface area contributed by atoms with Gasteiger partial charge in [0.1, 0.15) is 0 Å². The van der Waals surface area contributed by atoms with Crippen LogP contribution in [0.3, 0.4) is 0 Å². The summed E-state index contributed by atoms with van der Waals surface area (Å²) in [5.74, 6) is 0.282. The average molecular weight is 328 g/mol. The number of rotatable bonds is 5. The summed E-state index contributed by atoms with van der Waals surface area (Å²) in [5.41, 5.74) is 1.27. The average Bonchev–Trinajstić information content (AvgIpc) is 2.63. The fraction of sp³-hybridized carbons (Fsp3) is 0.389. The number of hydrogen-bond donors (Lipinski definition) is 0. The van der Waals surface area contributed by atoms with Crippen LogP contribution in [0, 0.1) is 5.82 Å². The number of nitrogens with zero attached hydrogens (tertiary/aromatic N) is 4. The van der Waals surface area contributed by atoms with Crippen LogP contribution in [-0.2, 0) is 11.2 Å². The minimum atomic E-state index is -0.439. The minimum absolute atomic E-state index is 0.200. The van der Waals surface area contributed by atoms with Gasteiger partial charge in [-0.3, -0.25) is 4.79 Å². The summed E-state index contributed by atoms with van der Waals surface area (Å²) < 4.78 is 12.9. The first kappa shape index (κ1) is 16.4. The van der Waals surface area contributed by atoms with Gasteiger partial charge < -0.3 is 9.80 Å². The Bertz CT molecular complexity index is 654. The molecule has 0 saturated carbocycles. The van der Waals surface area contributed by atoms with E-state index in [1.807, 2.05) is 28.0 Å². The molecular weight excluding hydrogens is 307 g/mol. The maximum Gasteiger partial charge on any atom is 0.225 e. The van der Waals surface area contributed by atoms with Crippen LogP contribution < -0.4 is 4.90 Å². The second-order valence-corrected chi connectivity index (χ2v) is 5.91. The van der Waals surface area contributed by atoms with E-state index in [-0.39, 0.29) is 5.91 Å². The van der Waals surface area contributed by atoms with E-state index < -0.39 is 5.82 Å². The monoisotopic (exact) mass is 328 g/mol. The predicted molar refractivity (Wildman–Crippen MR) is 90.2 cm³/mol. The highest BCUT2D eigenvalue weighted by molar-refractivity contribution is 5.76. The van der Waals surface area contributed by atoms with Gasteiger partial charge in [-0.05, 0) is 18.4 Å². The molecule has 0 spiro atoms. The second-order valence-electron chi connectivity index (χ2n) is 5.91. The third kappa shape index (κ3) is 4.28. The minimum Gasteiger partial charge on any atom is -0.339 e. The lowest BCUT2D eigenvalue weighted by molar-refractivity contribution is -0.131. The van der Waals surface area contributed by atoms with E-state index in [1.54, 1.807) is 0 Å². The van der Waals surface area contributed by atoms with Crippen LogP contribution in [0.5, 0.6) is 0 Å². The number of benzene rings is 1. The summed E-state index contributed by atoms with van der Waals surface area (Å²) >= 11 is 0. The maximum absolute atomic E-state index is 12.9. The van der Waals surface area contributed by atoms with Crippen LogP contribution in [0.15, 0.2) is 42.7 Å². The van der Waals surface area contributed by atoms with Crippen molar-refractivity contribution in [2.24, 2.45) is 0 Å². The molecule has 1 fully saturated rings. The van der Waals surface area contributed by atoms with Gasteiger partial charge in [-0.25, -0.2) is 14.4 Å². The Balaban J connectivity index is 1.42. The van der Waals surface area contributed by atoms with Crippen LogP contribution in [0.25, 0.3) is 0 Å². The highest BCUT2D eigenvalue weighted by atomic mass is 19.1. The first-order valence-corrected chi connectivity index (χ1v) is 8.26. The molecule has 1 aromatic carbocycles. The molecular formula is C18H21FN4O. The van der Waals surface area contributed by atoms with Crippen molar-refractivity contribution in [3.63, 3.8) is 0 Å². The van der Waals surface area contributed by atoms with E-state index in [4.69, 9.17) is 0 Å². The van der Waals surface area contributed by atoms with Gasteiger partial charge in [0.05, 0.1) is 12.4 Å². The molecule has 1 saturated heterocycles. The molecule has 1 amide bonds. The largest absolute Gasteiger partial charge is 0.339 e. The van der Waals surface area contributed by atoms with Gasteiger partial charge in [0.2, 0.25) is 11.9 Å². The lowest BCUT2D eigenvalue weighted by Gasteiger charge is -2.34. The first-order valence-electron chi connectivity index (χ1n) is 8.26. The van der Waals surface area contributed by atoms with Gasteiger partial charge in [-0.1, -0.05) is 30.3 Å². The molecule has 0 bridgehead atoms. The Morgan fingerprint density at radius 1 is 1.04 bits per heavy atom. The Hall–Kier alpha value is -2.50. The normalized spacial score (nSPS) is 14.7. The number of carbonyl (C=O) groups is 1. The second kappa shape index (κ2) is 7.86. The molecule has 1 aliphatic rings. The summed E-state index contributed by atoms with van der Waals surface area (Å²) in [6.07, 6.45) is 4.70. The number of aromatic nitrogens is 2. The summed E-state index contributed by atoms with van der Waals surface area (Å²) in [6, 6.07) is 10.2. The van der Waals surface area contributed by atoms with Gasteiger partial charge in [0.15, 0.2) is 5.82 Å². The SMILES string of the molecule is O=C(CCCc1ccccc1)N1CCN(c2ncc(F)cn2)CC1. The molecule has 5 nitrogen and oxygen atoms in total. The fourth-order valence-electron chi connectivity index (χ4n) is 2.87. The number of hydrogen-bond acceptors (Lipinski definition) is 4. The van der Waals surface area contributed by atoms with E-state index in [2.05, 4.69) is 22.1 Å². The molecule has 3 rings (SSSR count). The standard InChI is InChI=1S/C18H21FN4O/c19-16-13-20-18(21-14-16)23-11-9-22(10-12-23)17(24)8-4-7-15-5-2-1-3-6-15/h1-3,5-6,13-14H,4,7-12H2. The van der Waals surface area contributed by atoms with E-state index in [0.717, 1.165) is 12.8 Å². The highest BCUT2D eigenvalue weighted by Crippen LogP contribution is 2.12. The maximum atomic E-state index is 12.9. The number of halogens is 1. The van der Waals surface area contributed by atoms with Crippen molar-refractivity contribution in [2.45, 2.75) is 19.3 Å². The fourth-order valence-corrected chi connectivity index (χ4v) is 2.87. The Morgan fingerprint density at radius 2 is 1.71 bits per heavy atom. The van der Waals surface area contributed by atoms with Crippen molar-refractivity contribution in [1.82, 2.24) is 14.9 Å². The molecule has 1 aromatic heterocycles. The molecule has 0 atom stereocenters. The van der Waals surface area contributed by atoms with E-state index in [9.17, 15) is 9.18 Å². The zero-order valence-electron chi connectivity index (χ0n) is 13.6. The van der Waals surface area contributed by atoms with Crippen molar-refractivity contribution in [3.05, 3.63) is 54.1 Å². The van der Waals surface area contributed by atoms with Gasteiger partial charge in [0, 0.05) is 32.6 Å². The lowest BCUT2D eigenvalue weighted by atomic mass is 10.1. The number of amides is 1. The van der Waals surface area contributed by atoms with Gasteiger partial charge >= 0.3 is 0 Å². The Labute approximate surface area is 141 Å². The molecule has 0 N–H and O–H groups in total. The lowest BCUT2D eigenvalue weighted by Crippen LogP contribution is -2.49. The molecule has 1 aliphatic heterocycles. The summed E-state index contributed by atoms with van der Waals surface area (Å²) in [4.78, 5) is 24.2. The van der Waals surface area contributed by atoms with Crippen molar-refractivity contribution in [1.29, 1.82) is 0 Å². The highest BCUT2D eigenvalue weighted by Gasteiger charge is 2.22. The van der Waals surface area contributed by atoms with Crippen molar-refractivity contribution in [2.75, 3.05) is 31.1 Å². The third-order valence-corrected chi connectivity index (χ3v) is 4.22. The summed E-state index contributed by atoms with van der Waals surface area (Å²) in [5, 5.41) is 0. The Morgan fingerprint density at radius 3 is 2.38 bits per heavy atom. The van der Waals surface area contributed by atoms with Crippen LogP contribution in [0.2, 0.25) is 0 Å². The van der Waals surface area contributed by atoms with Gasteiger partial charge in [0.25, 0.3) is 0 Å². The zero-order valence-corrected chi connectivity index (χ0v) is 13.6. The molecule has 2 aromatic rings. The van der Waals surface area contributed by atoms with E-state index in [0.29, 0.717) is 38.5 Å². The van der Waals surface area contributed by atoms with Crippen LogP contribution in [-0.4, -0.2) is 47.0 Å². The first-order chi connectivity index (χ1) is 11.7.